The first-order valence-electron chi connectivity index (χ1n) is 20.6. The van der Waals surface area contributed by atoms with E-state index in [1.807, 2.05) is 49.4 Å². The van der Waals surface area contributed by atoms with Crippen molar-refractivity contribution in [1.29, 1.82) is 0 Å². The summed E-state index contributed by atoms with van der Waals surface area (Å²) in [5.74, 6) is -0.0140. The van der Waals surface area contributed by atoms with Gasteiger partial charge in [-0.15, -0.1) is 18.2 Å². The number of unbranched alkanes of at least 4 members (excludes halogenated alkanes) is 2. The van der Waals surface area contributed by atoms with Crippen molar-refractivity contribution in [2.45, 2.75) is 82.6 Å². The summed E-state index contributed by atoms with van der Waals surface area (Å²) in [6.07, 6.45) is 9.35. The average Bonchev–Trinajstić information content (AvgIpc) is 4.05. The number of ether oxygens (including phenoxy) is 4. The molecule has 0 radical (unpaired) electrons. The van der Waals surface area contributed by atoms with Crippen molar-refractivity contribution in [2.75, 3.05) is 65.1 Å². The first kappa shape index (κ1) is 42.0. The lowest BCUT2D eigenvalue weighted by molar-refractivity contribution is -0.255. The number of rotatable bonds is 23. The minimum absolute atomic E-state index is 0.0683. The van der Waals surface area contributed by atoms with E-state index in [0.29, 0.717) is 44.6 Å². The maximum Gasteiger partial charge on any atom is 0.410 e. The molecule has 1 saturated heterocycles. The van der Waals surface area contributed by atoms with Crippen molar-refractivity contribution in [3.05, 3.63) is 84.0 Å². The third-order valence-electron chi connectivity index (χ3n) is 11.5. The van der Waals surface area contributed by atoms with Crippen molar-refractivity contribution in [3.8, 4) is 11.5 Å². The topological polar surface area (TPSA) is 122 Å². The molecule has 12 heteroatoms. The Kier molecular flexibility index (Phi) is 15.5. The number of aliphatic hydroxyl groups is 2. The fourth-order valence-electron chi connectivity index (χ4n) is 8.91. The highest BCUT2D eigenvalue weighted by Gasteiger charge is 2.65. The number of benzene rings is 2. The molecule has 2 N–H and O–H groups in total. The van der Waals surface area contributed by atoms with E-state index in [-0.39, 0.29) is 56.7 Å². The lowest BCUT2D eigenvalue weighted by Gasteiger charge is -2.59. The Hall–Kier alpha value is -3.61. The van der Waals surface area contributed by atoms with Gasteiger partial charge in [-0.25, -0.2) is 4.79 Å². The van der Waals surface area contributed by atoms with Crippen molar-refractivity contribution < 1.29 is 38.8 Å². The molecule has 56 heavy (non-hydrogen) atoms. The Labute approximate surface area is 337 Å². The van der Waals surface area contributed by atoms with Crippen LogP contribution in [0.25, 0.3) is 0 Å². The van der Waals surface area contributed by atoms with Crippen LogP contribution in [0.15, 0.2) is 78.0 Å². The first-order valence-corrected chi connectivity index (χ1v) is 21.1. The van der Waals surface area contributed by atoms with Crippen LogP contribution >= 0.6 is 11.6 Å². The number of oxime groups is 1. The van der Waals surface area contributed by atoms with E-state index in [4.69, 9.17) is 40.5 Å². The molecular formula is C44H60ClN3O8. The zero-order chi connectivity index (χ0) is 39.3. The number of nitrogens with zero attached hydrogens (tertiary/aromatic N) is 3. The van der Waals surface area contributed by atoms with Crippen LogP contribution < -0.4 is 9.47 Å². The Balaban J connectivity index is 1.54. The molecule has 6 unspecified atom stereocenters. The van der Waals surface area contributed by atoms with Gasteiger partial charge in [0.2, 0.25) is 5.79 Å². The molecule has 2 aromatic carbocycles. The summed E-state index contributed by atoms with van der Waals surface area (Å²) in [5, 5.41) is 24.6. The fraction of sp³-hybridized carbons (Fsp3) is 0.591. The number of hydrogen-bond acceptors (Lipinski definition) is 10. The summed E-state index contributed by atoms with van der Waals surface area (Å²) in [6.45, 7) is 10.9. The van der Waals surface area contributed by atoms with Gasteiger partial charge >= 0.3 is 6.09 Å². The quantitative estimate of drug-likeness (QED) is 0.0393. The molecule has 2 fully saturated rings. The zero-order valence-corrected chi connectivity index (χ0v) is 33.6. The van der Waals surface area contributed by atoms with Gasteiger partial charge in [0.15, 0.2) is 0 Å². The Morgan fingerprint density at radius 2 is 1.88 bits per heavy atom. The van der Waals surface area contributed by atoms with Crippen LogP contribution in [0.5, 0.6) is 11.5 Å². The van der Waals surface area contributed by atoms with Crippen LogP contribution in [0.2, 0.25) is 0 Å². The SMILES string of the molecule is C=CCOC12Oc3ccc(OCCN4CC4)cc3C3C(CCCCO)C(CCCCO)C=C(C(=NOCc4ccccc4)CC1N(CCC)C(=O)OCCCl)C32. The van der Waals surface area contributed by atoms with Gasteiger partial charge in [0.05, 0.1) is 24.1 Å². The maximum atomic E-state index is 14.1. The van der Waals surface area contributed by atoms with Gasteiger partial charge in [0, 0.05) is 57.3 Å². The molecule has 1 amide bonds. The number of carbonyl (C=O) groups is 1. The number of carbonyl (C=O) groups excluding carboxylic acids is 1. The Morgan fingerprint density at radius 1 is 1.09 bits per heavy atom. The number of fused-ring (bicyclic) bond motifs is 2. The van der Waals surface area contributed by atoms with Crippen LogP contribution in [0.3, 0.4) is 0 Å². The molecule has 306 valence electrons. The maximum absolute atomic E-state index is 14.1. The summed E-state index contributed by atoms with van der Waals surface area (Å²) in [5.41, 5.74) is 3.75. The standard InChI is InChI=1S/C44H60ClN3O8/c1-3-19-48(43(51)53-26-18-45)40-30-38(46-55-31-32-12-6-5-7-13-32)36-28-33(14-8-10-23-49)35(15-9-11-24-50)41-37-29-34(52-27-22-47-20-21-47)16-17-39(37)56-44(40,42(36)41)54-25-4-2/h4-7,12-13,16-17,28-29,33,35,40-42,49-50H,2-3,8-11,14-15,18-27,30-31H2,1H3. The third-order valence-corrected chi connectivity index (χ3v) is 11.6. The lowest BCUT2D eigenvalue weighted by Crippen LogP contribution is -2.70. The van der Waals surface area contributed by atoms with Gasteiger partial charge in [-0.2, -0.15) is 0 Å². The molecule has 6 atom stereocenters. The molecule has 2 aliphatic carbocycles. The van der Waals surface area contributed by atoms with E-state index in [1.165, 1.54) is 0 Å². The normalized spacial score (nSPS) is 25.7. The highest BCUT2D eigenvalue weighted by Crippen LogP contribution is 2.62. The number of alkyl halides is 1. The predicted octanol–water partition coefficient (Wildman–Crippen LogP) is 7.30. The van der Waals surface area contributed by atoms with Crippen molar-refractivity contribution in [2.24, 2.45) is 22.9 Å². The molecule has 1 saturated carbocycles. The lowest BCUT2D eigenvalue weighted by atomic mass is 9.55. The largest absolute Gasteiger partial charge is 0.492 e. The average molecular weight is 794 g/mol. The van der Waals surface area contributed by atoms with Gasteiger partial charge < -0.3 is 34.0 Å². The van der Waals surface area contributed by atoms with Crippen LogP contribution in [-0.4, -0.2) is 109 Å². The van der Waals surface area contributed by atoms with Gasteiger partial charge in [-0.1, -0.05) is 67.4 Å². The molecule has 2 aromatic rings. The number of halogens is 1. The van der Waals surface area contributed by atoms with Crippen molar-refractivity contribution in [3.63, 3.8) is 0 Å². The van der Waals surface area contributed by atoms with Crippen molar-refractivity contribution >= 4 is 23.4 Å². The molecule has 4 aliphatic rings. The predicted molar refractivity (Wildman–Crippen MR) is 217 cm³/mol. The molecular weight excluding hydrogens is 734 g/mol. The summed E-state index contributed by atoms with van der Waals surface area (Å²) in [6, 6.07) is 15.4. The van der Waals surface area contributed by atoms with Crippen molar-refractivity contribution in [1.82, 2.24) is 9.80 Å². The van der Waals surface area contributed by atoms with Gasteiger partial charge in [-0.3, -0.25) is 9.80 Å². The third kappa shape index (κ3) is 9.91. The second-order valence-corrected chi connectivity index (χ2v) is 15.6. The van der Waals surface area contributed by atoms with Gasteiger partial charge in [0.25, 0.3) is 0 Å². The highest BCUT2D eigenvalue weighted by molar-refractivity contribution is 6.18. The molecule has 0 aromatic heterocycles. The van der Waals surface area contributed by atoms with E-state index in [0.717, 1.165) is 73.5 Å². The minimum Gasteiger partial charge on any atom is -0.492 e. The molecule has 11 nitrogen and oxygen atoms in total. The summed E-state index contributed by atoms with van der Waals surface area (Å²) < 4.78 is 26.4. The molecule has 0 bridgehead atoms. The van der Waals surface area contributed by atoms with Crippen LogP contribution in [-0.2, 0) is 20.9 Å². The number of hydrogen-bond donors (Lipinski definition) is 2. The summed E-state index contributed by atoms with van der Waals surface area (Å²) in [7, 11) is 0. The molecule has 0 spiro atoms. The van der Waals surface area contributed by atoms with Crippen LogP contribution in [0.1, 0.15) is 75.3 Å². The fourth-order valence-corrected chi connectivity index (χ4v) is 8.99. The summed E-state index contributed by atoms with van der Waals surface area (Å²) >= 11 is 6.02. The Bertz CT molecular complexity index is 1640. The number of amides is 1. The van der Waals surface area contributed by atoms with Gasteiger partial charge in [0.1, 0.15) is 37.4 Å². The second kappa shape index (κ2) is 20.7. The second-order valence-electron chi connectivity index (χ2n) is 15.2. The van der Waals surface area contributed by atoms with E-state index in [1.54, 1.807) is 11.0 Å². The molecule has 6 rings (SSSR count). The number of aliphatic hydroxyl groups excluding tert-OH is 2. The van der Waals surface area contributed by atoms with Crippen LogP contribution in [0, 0.1) is 17.8 Å². The zero-order valence-electron chi connectivity index (χ0n) is 32.9. The smallest absolute Gasteiger partial charge is 0.410 e. The molecule has 2 heterocycles. The first-order chi connectivity index (χ1) is 27.5. The monoisotopic (exact) mass is 793 g/mol. The highest BCUT2D eigenvalue weighted by atomic mass is 35.5. The van der Waals surface area contributed by atoms with E-state index in [2.05, 4.69) is 23.6 Å². The molecule has 2 aliphatic heterocycles. The van der Waals surface area contributed by atoms with E-state index in [9.17, 15) is 15.0 Å². The Morgan fingerprint density at radius 3 is 2.59 bits per heavy atom. The minimum atomic E-state index is -1.35. The van der Waals surface area contributed by atoms with E-state index < -0.39 is 23.8 Å². The number of allylic oxidation sites excluding steroid dienone is 1. The van der Waals surface area contributed by atoms with Gasteiger partial charge in [-0.05, 0) is 73.3 Å². The van der Waals surface area contributed by atoms with Crippen LogP contribution in [0.4, 0.5) is 4.79 Å². The summed E-state index contributed by atoms with van der Waals surface area (Å²) in [4.78, 5) is 24.3. The van der Waals surface area contributed by atoms with E-state index >= 15 is 0 Å².